The number of rotatable bonds is 6. The maximum atomic E-state index is 11.1. The van der Waals surface area contributed by atoms with Crippen LogP contribution in [0.2, 0.25) is 0 Å². The fourth-order valence-electron chi connectivity index (χ4n) is 2.10. The fourth-order valence-corrected chi connectivity index (χ4v) is 2.10. The minimum atomic E-state index is -0.392. The molecule has 0 bridgehead atoms. The van der Waals surface area contributed by atoms with Gasteiger partial charge in [0.15, 0.2) is 0 Å². The molecule has 0 heterocycles. The first-order valence-corrected chi connectivity index (χ1v) is 6.92. The molecule has 110 valence electrons. The summed E-state index contributed by atoms with van der Waals surface area (Å²) >= 11 is 0. The zero-order valence-electron chi connectivity index (χ0n) is 12.5. The first-order chi connectivity index (χ1) is 10.1. The molecule has 3 N–H and O–H groups in total. The van der Waals surface area contributed by atoms with Gasteiger partial charge in [-0.05, 0) is 35.4 Å². The van der Waals surface area contributed by atoms with Gasteiger partial charge in [-0.25, -0.2) is 0 Å². The molecule has 2 rings (SSSR count). The molecule has 0 saturated heterocycles. The van der Waals surface area contributed by atoms with Gasteiger partial charge >= 0.3 is 0 Å². The summed E-state index contributed by atoms with van der Waals surface area (Å²) in [5, 5.41) is 3.37. The lowest BCUT2D eigenvalue weighted by Gasteiger charge is -2.13. The molecule has 4 nitrogen and oxygen atoms in total. The lowest BCUT2D eigenvalue weighted by molar-refractivity contribution is 0.1000. The maximum Gasteiger partial charge on any atom is 0.248 e. The van der Waals surface area contributed by atoms with E-state index in [9.17, 15) is 4.79 Å². The number of carbonyl (C=O) groups excluding carboxylic acids is 1. The van der Waals surface area contributed by atoms with Crippen LogP contribution in [-0.2, 0) is 13.1 Å². The van der Waals surface area contributed by atoms with Crippen LogP contribution in [0.15, 0.2) is 48.5 Å². The van der Waals surface area contributed by atoms with Crippen molar-refractivity contribution in [3.8, 4) is 0 Å². The van der Waals surface area contributed by atoms with E-state index in [1.165, 1.54) is 11.3 Å². The summed E-state index contributed by atoms with van der Waals surface area (Å²) in [5.41, 5.74) is 9.29. The van der Waals surface area contributed by atoms with Gasteiger partial charge in [-0.1, -0.05) is 24.3 Å². The molecule has 0 aliphatic carbocycles. The van der Waals surface area contributed by atoms with Crippen LogP contribution in [0.1, 0.15) is 21.5 Å². The van der Waals surface area contributed by atoms with Crippen molar-refractivity contribution in [3.05, 3.63) is 65.2 Å². The number of nitrogens with two attached hydrogens (primary N) is 1. The van der Waals surface area contributed by atoms with Gasteiger partial charge in [-0.15, -0.1) is 0 Å². The van der Waals surface area contributed by atoms with Crippen LogP contribution in [0.5, 0.6) is 0 Å². The quantitative estimate of drug-likeness (QED) is 0.854. The van der Waals surface area contributed by atoms with Gasteiger partial charge in [-0.3, -0.25) is 4.79 Å². The second kappa shape index (κ2) is 6.90. The summed E-state index contributed by atoms with van der Waals surface area (Å²) in [7, 11) is 4.05. The predicted molar refractivity (Wildman–Crippen MR) is 86.3 cm³/mol. The minimum absolute atomic E-state index is 0.392. The highest BCUT2D eigenvalue weighted by Crippen LogP contribution is 2.12. The molecule has 0 aliphatic rings. The molecular weight excluding hydrogens is 262 g/mol. The topological polar surface area (TPSA) is 58.4 Å². The Bertz CT molecular complexity index is 606. The van der Waals surface area contributed by atoms with E-state index in [0.717, 1.165) is 12.1 Å². The van der Waals surface area contributed by atoms with Crippen molar-refractivity contribution in [3.63, 3.8) is 0 Å². The van der Waals surface area contributed by atoms with Gasteiger partial charge in [0.05, 0.1) is 0 Å². The zero-order chi connectivity index (χ0) is 15.2. The number of hydrogen-bond donors (Lipinski definition) is 2. The Balaban J connectivity index is 1.89. The van der Waals surface area contributed by atoms with E-state index in [0.29, 0.717) is 12.1 Å². The Morgan fingerprint density at radius 3 is 2.33 bits per heavy atom. The maximum absolute atomic E-state index is 11.1. The molecule has 4 heteroatoms. The Morgan fingerprint density at radius 2 is 1.71 bits per heavy atom. The highest BCUT2D eigenvalue weighted by molar-refractivity contribution is 5.92. The Hall–Kier alpha value is -2.33. The van der Waals surface area contributed by atoms with E-state index in [1.807, 2.05) is 32.3 Å². The number of amides is 1. The zero-order valence-corrected chi connectivity index (χ0v) is 12.5. The number of anilines is 1. The first kappa shape index (κ1) is 15.1. The largest absolute Gasteiger partial charge is 0.378 e. The normalized spacial score (nSPS) is 10.4. The van der Waals surface area contributed by atoms with Crippen LogP contribution in [-0.4, -0.2) is 20.0 Å². The fraction of sp³-hybridized carbons (Fsp3) is 0.235. The number of primary amides is 1. The lowest BCUT2D eigenvalue weighted by Crippen LogP contribution is -2.15. The molecule has 1 amide bonds. The Kier molecular flexibility index (Phi) is 4.95. The number of nitrogens with one attached hydrogen (secondary N) is 1. The van der Waals surface area contributed by atoms with Crippen molar-refractivity contribution >= 4 is 11.6 Å². The van der Waals surface area contributed by atoms with Gasteiger partial charge < -0.3 is 16.0 Å². The highest BCUT2D eigenvalue weighted by Gasteiger charge is 2.01. The number of carbonyl (C=O) groups is 1. The van der Waals surface area contributed by atoms with E-state index in [4.69, 9.17) is 5.73 Å². The number of benzene rings is 2. The molecule has 0 saturated carbocycles. The van der Waals surface area contributed by atoms with Crippen LogP contribution in [0.4, 0.5) is 5.69 Å². The molecule has 0 fully saturated rings. The average molecular weight is 283 g/mol. The van der Waals surface area contributed by atoms with E-state index in [-0.39, 0.29) is 0 Å². The molecular formula is C17H21N3O. The summed E-state index contributed by atoms with van der Waals surface area (Å²) in [6.07, 6.45) is 0. The van der Waals surface area contributed by atoms with Gasteiger partial charge in [-0.2, -0.15) is 0 Å². The molecule has 0 atom stereocenters. The molecule has 0 radical (unpaired) electrons. The first-order valence-electron chi connectivity index (χ1n) is 6.92. The van der Waals surface area contributed by atoms with Crippen LogP contribution in [0.3, 0.4) is 0 Å². The SMILES string of the molecule is CN(C)c1ccc(CNCc2cccc(C(N)=O)c2)cc1. The van der Waals surface area contributed by atoms with E-state index in [2.05, 4.69) is 34.5 Å². The van der Waals surface area contributed by atoms with E-state index < -0.39 is 5.91 Å². The highest BCUT2D eigenvalue weighted by atomic mass is 16.1. The minimum Gasteiger partial charge on any atom is -0.378 e. The molecule has 0 spiro atoms. The van der Waals surface area contributed by atoms with Gasteiger partial charge in [0.1, 0.15) is 0 Å². The standard InChI is InChI=1S/C17H21N3O/c1-20(2)16-8-6-13(7-9-16)11-19-12-14-4-3-5-15(10-14)17(18)21/h3-10,19H,11-12H2,1-2H3,(H2,18,21). The van der Waals surface area contributed by atoms with Gasteiger partial charge in [0, 0.05) is 38.4 Å². The van der Waals surface area contributed by atoms with Crippen molar-refractivity contribution in [2.45, 2.75) is 13.1 Å². The average Bonchev–Trinajstić information content (AvgIpc) is 2.48. The van der Waals surface area contributed by atoms with Crippen LogP contribution < -0.4 is 16.0 Å². The molecule has 2 aromatic rings. The predicted octanol–water partition coefficient (Wildman–Crippen LogP) is 2.14. The summed E-state index contributed by atoms with van der Waals surface area (Å²) in [6.45, 7) is 1.49. The molecule has 0 aliphatic heterocycles. The van der Waals surface area contributed by atoms with Crippen LogP contribution >= 0.6 is 0 Å². The monoisotopic (exact) mass is 283 g/mol. The number of nitrogens with zero attached hydrogens (tertiary/aromatic N) is 1. The summed E-state index contributed by atoms with van der Waals surface area (Å²) in [5.74, 6) is -0.392. The van der Waals surface area contributed by atoms with Crippen molar-refractivity contribution in [2.24, 2.45) is 5.73 Å². The van der Waals surface area contributed by atoms with Crippen molar-refractivity contribution in [1.82, 2.24) is 5.32 Å². The van der Waals surface area contributed by atoms with Gasteiger partial charge in [0.25, 0.3) is 0 Å². The second-order valence-corrected chi connectivity index (χ2v) is 5.23. The smallest absolute Gasteiger partial charge is 0.248 e. The number of hydrogen-bond acceptors (Lipinski definition) is 3. The van der Waals surface area contributed by atoms with E-state index >= 15 is 0 Å². The third-order valence-electron chi connectivity index (χ3n) is 3.32. The van der Waals surface area contributed by atoms with E-state index in [1.54, 1.807) is 6.07 Å². The molecule has 0 unspecified atom stereocenters. The molecule has 0 aromatic heterocycles. The molecule has 21 heavy (non-hydrogen) atoms. The third kappa shape index (κ3) is 4.33. The summed E-state index contributed by atoms with van der Waals surface area (Å²) < 4.78 is 0. The Labute approximate surface area is 125 Å². The summed E-state index contributed by atoms with van der Waals surface area (Å²) in [4.78, 5) is 13.2. The Morgan fingerprint density at radius 1 is 1.05 bits per heavy atom. The lowest BCUT2D eigenvalue weighted by atomic mass is 10.1. The van der Waals surface area contributed by atoms with Crippen molar-refractivity contribution < 1.29 is 4.79 Å². The van der Waals surface area contributed by atoms with Crippen molar-refractivity contribution in [2.75, 3.05) is 19.0 Å². The summed E-state index contributed by atoms with van der Waals surface area (Å²) in [6, 6.07) is 15.8. The van der Waals surface area contributed by atoms with Crippen molar-refractivity contribution in [1.29, 1.82) is 0 Å². The van der Waals surface area contributed by atoms with Crippen LogP contribution in [0.25, 0.3) is 0 Å². The second-order valence-electron chi connectivity index (χ2n) is 5.23. The third-order valence-corrected chi connectivity index (χ3v) is 3.32. The molecule has 2 aromatic carbocycles. The van der Waals surface area contributed by atoms with Crippen LogP contribution in [0, 0.1) is 0 Å². The van der Waals surface area contributed by atoms with Gasteiger partial charge in [0.2, 0.25) is 5.91 Å².